The Morgan fingerprint density at radius 2 is 1.86 bits per heavy atom. The number of ketones is 1. The van der Waals surface area contributed by atoms with Crippen molar-refractivity contribution in [1.82, 2.24) is 4.90 Å². The van der Waals surface area contributed by atoms with Gasteiger partial charge in [0.15, 0.2) is 5.78 Å². The van der Waals surface area contributed by atoms with E-state index in [1.54, 1.807) is 12.1 Å². The molecule has 0 atom stereocenters. The second kappa shape index (κ2) is 8.44. The molecule has 5 nitrogen and oxygen atoms in total. The van der Waals surface area contributed by atoms with E-state index < -0.39 is 0 Å². The highest BCUT2D eigenvalue weighted by Gasteiger charge is 2.29. The Bertz CT molecular complexity index is 981. The highest BCUT2D eigenvalue weighted by Crippen LogP contribution is 2.29. The lowest BCUT2D eigenvalue weighted by Crippen LogP contribution is -2.34. The van der Waals surface area contributed by atoms with Gasteiger partial charge >= 0.3 is 0 Å². The van der Waals surface area contributed by atoms with Gasteiger partial charge in [-0.25, -0.2) is 0 Å². The summed E-state index contributed by atoms with van der Waals surface area (Å²) in [7, 11) is 0. The zero-order chi connectivity index (χ0) is 20.3. The van der Waals surface area contributed by atoms with Gasteiger partial charge in [-0.2, -0.15) is 0 Å². The van der Waals surface area contributed by atoms with Gasteiger partial charge in [0.2, 0.25) is 11.8 Å². The first-order valence-corrected chi connectivity index (χ1v) is 9.95. The van der Waals surface area contributed by atoms with Gasteiger partial charge in [0.05, 0.1) is 10.8 Å². The number of carbonyl (C=O) groups excluding carboxylic acids is 3. The molecule has 1 heterocycles. The zero-order valence-corrected chi connectivity index (χ0v) is 16.9. The van der Waals surface area contributed by atoms with Crippen LogP contribution in [0, 0.1) is 20.8 Å². The van der Waals surface area contributed by atoms with Gasteiger partial charge in [-0.3, -0.25) is 19.3 Å². The first-order valence-electron chi connectivity index (χ1n) is 8.97. The highest BCUT2D eigenvalue weighted by molar-refractivity contribution is 8.04. The summed E-state index contributed by atoms with van der Waals surface area (Å²) < 4.78 is 0. The molecule has 1 saturated heterocycles. The molecule has 0 spiro atoms. The smallest absolute Gasteiger partial charge is 0.244 e. The van der Waals surface area contributed by atoms with Gasteiger partial charge in [-0.1, -0.05) is 53.7 Å². The fourth-order valence-electron chi connectivity index (χ4n) is 3.03. The lowest BCUT2D eigenvalue weighted by molar-refractivity contribution is -0.129. The molecule has 1 fully saturated rings. The second-order valence-corrected chi connectivity index (χ2v) is 7.79. The number of nitrogens with zero attached hydrogens (tertiary/aromatic N) is 1. The number of hydrogen-bond donors (Lipinski definition) is 1. The number of benzene rings is 2. The van der Waals surface area contributed by atoms with Crippen molar-refractivity contribution in [3.05, 3.63) is 75.8 Å². The molecule has 144 valence electrons. The van der Waals surface area contributed by atoms with Crippen LogP contribution in [0.1, 0.15) is 27.0 Å². The monoisotopic (exact) mass is 394 g/mol. The van der Waals surface area contributed by atoms with Crippen LogP contribution in [0.15, 0.2) is 53.6 Å². The van der Waals surface area contributed by atoms with Crippen molar-refractivity contribution in [3.8, 4) is 0 Å². The summed E-state index contributed by atoms with van der Waals surface area (Å²) in [5, 5.41) is 3.35. The SMILES string of the molecule is Cc1ccc(NC(=O)CN2C(=O)CS/C2=C\C(=O)c2ccccc2C)c(C)c1. The van der Waals surface area contributed by atoms with Crippen molar-refractivity contribution in [3.63, 3.8) is 0 Å². The van der Waals surface area contributed by atoms with Crippen LogP contribution in [0.4, 0.5) is 5.69 Å². The Morgan fingerprint density at radius 3 is 2.57 bits per heavy atom. The van der Waals surface area contributed by atoms with E-state index in [-0.39, 0.29) is 29.9 Å². The van der Waals surface area contributed by atoms with E-state index in [2.05, 4.69) is 5.32 Å². The quantitative estimate of drug-likeness (QED) is 0.618. The minimum atomic E-state index is -0.294. The molecule has 1 aliphatic heterocycles. The Balaban J connectivity index is 1.74. The van der Waals surface area contributed by atoms with Crippen LogP contribution in [0.2, 0.25) is 0 Å². The Kier molecular flexibility index (Phi) is 5.99. The first-order chi connectivity index (χ1) is 13.3. The molecule has 28 heavy (non-hydrogen) atoms. The van der Waals surface area contributed by atoms with E-state index in [1.807, 2.05) is 51.1 Å². The number of rotatable bonds is 5. The van der Waals surface area contributed by atoms with Gasteiger partial charge in [0.25, 0.3) is 0 Å². The van der Waals surface area contributed by atoms with Crippen LogP contribution in [-0.2, 0) is 9.59 Å². The normalized spacial score (nSPS) is 15.2. The minimum absolute atomic E-state index is 0.119. The molecule has 2 aromatic rings. The summed E-state index contributed by atoms with van der Waals surface area (Å²) in [6.45, 7) is 5.66. The molecular weight excluding hydrogens is 372 g/mol. The zero-order valence-electron chi connectivity index (χ0n) is 16.1. The molecule has 0 aliphatic carbocycles. The molecule has 3 rings (SSSR count). The maximum Gasteiger partial charge on any atom is 0.244 e. The summed E-state index contributed by atoms with van der Waals surface area (Å²) in [5.74, 6) is -0.416. The van der Waals surface area contributed by atoms with Crippen LogP contribution in [-0.4, -0.2) is 34.8 Å². The third-order valence-corrected chi connectivity index (χ3v) is 5.56. The minimum Gasteiger partial charge on any atom is -0.324 e. The van der Waals surface area contributed by atoms with E-state index in [1.165, 1.54) is 22.7 Å². The Hall–Kier alpha value is -2.86. The van der Waals surface area contributed by atoms with Crippen LogP contribution in [0.5, 0.6) is 0 Å². The number of amides is 2. The number of nitrogens with one attached hydrogen (secondary N) is 1. The standard InChI is InChI=1S/C22H22N2O3S/c1-14-8-9-18(16(3)10-14)23-20(26)12-24-21(27)13-28-22(24)11-19(25)17-7-5-4-6-15(17)2/h4-11H,12-13H2,1-3H3,(H,23,26)/b22-11-. The molecule has 2 amide bonds. The summed E-state index contributed by atoms with van der Waals surface area (Å²) in [6, 6.07) is 13.1. The topological polar surface area (TPSA) is 66.5 Å². The van der Waals surface area contributed by atoms with Crippen molar-refractivity contribution in [2.45, 2.75) is 20.8 Å². The van der Waals surface area contributed by atoms with Gasteiger partial charge in [0.1, 0.15) is 6.54 Å². The first kappa shape index (κ1) is 19.9. The predicted molar refractivity (Wildman–Crippen MR) is 112 cm³/mol. The lowest BCUT2D eigenvalue weighted by atomic mass is 10.1. The molecule has 1 N–H and O–H groups in total. The largest absolute Gasteiger partial charge is 0.324 e. The average Bonchev–Trinajstić information content (AvgIpc) is 2.97. The maximum absolute atomic E-state index is 12.6. The number of allylic oxidation sites excluding steroid dienone is 1. The average molecular weight is 394 g/mol. The predicted octanol–water partition coefficient (Wildman–Crippen LogP) is 3.85. The van der Waals surface area contributed by atoms with E-state index >= 15 is 0 Å². The number of aryl methyl sites for hydroxylation is 3. The highest BCUT2D eigenvalue weighted by atomic mass is 32.2. The molecule has 6 heteroatoms. The van der Waals surface area contributed by atoms with Gasteiger partial charge in [-0.05, 0) is 38.0 Å². The summed E-state index contributed by atoms with van der Waals surface area (Å²) in [4.78, 5) is 38.7. The third kappa shape index (κ3) is 4.51. The second-order valence-electron chi connectivity index (χ2n) is 6.80. The van der Waals surface area contributed by atoms with E-state index in [0.717, 1.165) is 22.4 Å². The van der Waals surface area contributed by atoms with Crippen LogP contribution < -0.4 is 5.32 Å². The molecule has 0 aromatic heterocycles. The van der Waals surface area contributed by atoms with Gasteiger partial charge < -0.3 is 5.32 Å². The lowest BCUT2D eigenvalue weighted by Gasteiger charge is -2.17. The molecule has 0 saturated carbocycles. The number of carbonyl (C=O) groups is 3. The fraction of sp³-hybridized carbons (Fsp3) is 0.227. The molecule has 2 aromatic carbocycles. The summed E-state index contributed by atoms with van der Waals surface area (Å²) >= 11 is 1.28. The third-order valence-electron chi connectivity index (χ3n) is 4.53. The summed E-state index contributed by atoms with van der Waals surface area (Å²) in [6.07, 6.45) is 1.45. The fourth-order valence-corrected chi connectivity index (χ4v) is 3.97. The van der Waals surface area contributed by atoms with E-state index in [0.29, 0.717) is 10.6 Å². The van der Waals surface area contributed by atoms with Gasteiger partial charge in [0, 0.05) is 17.3 Å². The molecule has 0 radical (unpaired) electrons. The van der Waals surface area contributed by atoms with Gasteiger partial charge in [-0.15, -0.1) is 0 Å². The molecule has 1 aliphatic rings. The number of hydrogen-bond acceptors (Lipinski definition) is 4. The van der Waals surface area contributed by atoms with E-state index in [4.69, 9.17) is 0 Å². The van der Waals surface area contributed by atoms with Crippen molar-refractivity contribution in [2.24, 2.45) is 0 Å². The van der Waals surface area contributed by atoms with Crippen molar-refractivity contribution in [2.75, 3.05) is 17.6 Å². The van der Waals surface area contributed by atoms with E-state index in [9.17, 15) is 14.4 Å². The Labute approximate surface area is 168 Å². The number of anilines is 1. The van der Waals surface area contributed by atoms with Crippen molar-refractivity contribution >= 4 is 35.0 Å². The number of thioether (sulfide) groups is 1. The maximum atomic E-state index is 12.6. The van der Waals surface area contributed by atoms with Crippen LogP contribution in [0.3, 0.4) is 0 Å². The van der Waals surface area contributed by atoms with Crippen molar-refractivity contribution < 1.29 is 14.4 Å². The van der Waals surface area contributed by atoms with Crippen LogP contribution in [0.25, 0.3) is 0 Å². The molecule has 0 unspecified atom stereocenters. The van der Waals surface area contributed by atoms with Crippen LogP contribution >= 0.6 is 11.8 Å². The summed E-state index contributed by atoms with van der Waals surface area (Å²) in [5.41, 5.74) is 4.26. The molecular formula is C22H22N2O3S. The Morgan fingerprint density at radius 1 is 1.11 bits per heavy atom. The van der Waals surface area contributed by atoms with Crippen molar-refractivity contribution in [1.29, 1.82) is 0 Å². The molecule has 0 bridgehead atoms.